The van der Waals surface area contributed by atoms with Crippen molar-refractivity contribution in [3.8, 4) is 5.75 Å². The van der Waals surface area contributed by atoms with Crippen LogP contribution >= 0.6 is 0 Å². The molecule has 1 heterocycles. The number of hydrogen-bond donors (Lipinski definition) is 1. The molecule has 1 aromatic rings. The summed E-state index contributed by atoms with van der Waals surface area (Å²) in [5.41, 5.74) is 1.44. The molecule has 4 heteroatoms. The summed E-state index contributed by atoms with van der Waals surface area (Å²) in [6, 6.07) is 1.55. The third kappa shape index (κ3) is 5.48. The molecule has 1 N–H and O–H groups in total. The van der Waals surface area contributed by atoms with E-state index >= 15 is 0 Å². The molecular weight excluding hydrogens is 276 g/mol. The Balaban J connectivity index is 2.92. The van der Waals surface area contributed by atoms with E-state index in [0.29, 0.717) is 6.54 Å². The Labute approximate surface area is 134 Å². The van der Waals surface area contributed by atoms with Gasteiger partial charge in [-0.1, -0.05) is 39.5 Å². The molecule has 1 aromatic heterocycles. The summed E-state index contributed by atoms with van der Waals surface area (Å²) in [7, 11) is 2.04. The van der Waals surface area contributed by atoms with Gasteiger partial charge in [-0.2, -0.15) is 0 Å². The van der Waals surface area contributed by atoms with Crippen molar-refractivity contribution in [2.24, 2.45) is 0 Å². The molecule has 0 aliphatic carbocycles. The van der Waals surface area contributed by atoms with Crippen LogP contribution in [0, 0.1) is 6.92 Å². The fourth-order valence-corrected chi connectivity index (χ4v) is 2.75. The van der Waals surface area contributed by atoms with Crippen LogP contribution in [0.25, 0.3) is 0 Å². The summed E-state index contributed by atoms with van der Waals surface area (Å²) in [5, 5.41) is 10.2. The third-order valence-corrected chi connectivity index (χ3v) is 4.15. The van der Waals surface area contributed by atoms with Crippen molar-refractivity contribution in [3.63, 3.8) is 0 Å². The molecule has 0 atom stereocenters. The SMILES string of the molecule is CCCCCCn1c(C)cc(=O)c(O)c1CN(C)CCCC. The second-order valence-electron chi connectivity index (χ2n) is 6.25. The van der Waals surface area contributed by atoms with Crippen LogP contribution in [0.3, 0.4) is 0 Å². The summed E-state index contributed by atoms with van der Waals surface area (Å²) >= 11 is 0. The minimum absolute atomic E-state index is 0.0792. The smallest absolute Gasteiger partial charge is 0.223 e. The van der Waals surface area contributed by atoms with E-state index in [4.69, 9.17) is 0 Å². The molecule has 0 saturated carbocycles. The van der Waals surface area contributed by atoms with Gasteiger partial charge in [0.15, 0.2) is 5.75 Å². The number of aryl methyl sites for hydroxylation is 1. The maximum atomic E-state index is 11.9. The lowest BCUT2D eigenvalue weighted by Gasteiger charge is -2.22. The molecule has 0 amide bonds. The zero-order chi connectivity index (χ0) is 16.5. The molecule has 0 spiro atoms. The van der Waals surface area contributed by atoms with Crippen LogP contribution in [0.15, 0.2) is 10.9 Å². The molecule has 0 aliphatic rings. The normalized spacial score (nSPS) is 11.3. The maximum Gasteiger partial charge on any atom is 0.223 e. The molecule has 0 saturated heterocycles. The zero-order valence-electron chi connectivity index (χ0n) is 14.7. The summed E-state index contributed by atoms with van der Waals surface area (Å²) in [5.74, 6) is -0.0792. The van der Waals surface area contributed by atoms with Gasteiger partial charge in [0.1, 0.15) is 0 Å². The van der Waals surface area contributed by atoms with Gasteiger partial charge in [0.05, 0.1) is 5.69 Å². The predicted molar refractivity (Wildman–Crippen MR) is 92.5 cm³/mol. The second kappa shape index (κ2) is 9.67. The Bertz CT molecular complexity index is 509. The van der Waals surface area contributed by atoms with Crippen LogP contribution in [-0.2, 0) is 13.1 Å². The first-order valence-corrected chi connectivity index (χ1v) is 8.62. The standard InChI is InChI=1S/C18H32N2O2/c1-5-7-9-10-12-20-15(3)13-17(21)18(22)16(20)14-19(4)11-8-6-2/h13,22H,5-12,14H2,1-4H3. The minimum Gasteiger partial charge on any atom is -0.503 e. The summed E-state index contributed by atoms with van der Waals surface area (Å²) in [6.45, 7) is 8.80. The maximum absolute atomic E-state index is 11.9. The number of nitrogens with zero attached hydrogens (tertiary/aromatic N) is 2. The largest absolute Gasteiger partial charge is 0.503 e. The number of hydrogen-bond acceptors (Lipinski definition) is 3. The van der Waals surface area contributed by atoms with Crippen molar-refractivity contribution in [3.05, 3.63) is 27.7 Å². The molecule has 22 heavy (non-hydrogen) atoms. The predicted octanol–water partition coefficient (Wildman–Crippen LogP) is 3.67. The van der Waals surface area contributed by atoms with Crippen molar-refractivity contribution in [2.45, 2.75) is 72.4 Å². The van der Waals surface area contributed by atoms with E-state index in [2.05, 4.69) is 23.3 Å². The molecule has 1 rings (SSSR count). The summed E-state index contributed by atoms with van der Waals surface area (Å²) in [6.07, 6.45) is 6.99. The van der Waals surface area contributed by atoms with Crippen LogP contribution < -0.4 is 5.43 Å². The van der Waals surface area contributed by atoms with Crippen LogP contribution in [0.2, 0.25) is 0 Å². The quantitative estimate of drug-likeness (QED) is 0.671. The van der Waals surface area contributed by atoms with Gasteiger partial charge in [0, 0.05) is 24.8 Å². The zero-order valence-corrected chi connectivity index (χ0v) is 14.7. The molecule has 0 fully saturated rings. The molecule has 0 unspecified atom stereocenters. The molecule has 0 aliphatic heterocycles. The second-order valence-corrected chi connectivity index (χ2v) is 6.25. The van der Waals surface area contributed by atoms with Crippen molar-refractivity contribution >= 4 is 0 Å². The molecule has 0 aromatic carbocycles. The average Bonchev–Trinajstić information content (AvgIpc) is 2.49. The lowest BCUT2D eigenvalue weighted by Crippen LogP contribution is -2.25. The van der Waals surface area contributed by atoms with E-state index in [1.165, 1.54) is 19.3 Å². The Hall–Kier alpha value is -1.29. The van der Waals surface area contributed by atoms with Crippen LogP contribution in [-0.4, -0.2) is 28.2 Å². The Morgan fingerprint density at radius 3 is 2.45 bits per heavy atom. The van der Waals surface area contributed by atoms with Gasteiger partial charge in [-0.25, -0.2) is 0 Å². The van der Waals surface area contributed by atoms with Gasteiger partial charge in [-0.05, 0) is 33.4 Å². The van der Waals surface area contributed by atoms with Crippen LogP contribution in [0.4, 0.5) is 0 Å². The Kier molecular flexibility index (Phi) is 8.25. The molecule has 126 valence electrons. The van der Waals surface area contributed by atoms with E-state index < -0.39 is 0 Å². The number of aromatic nitrogens is 1. The highest BCUT2D eigenvalue weighted by Crippen LogP contribution is 2.18. The highest BCUT2D eigenvalue weighted by molar-refractivity contribution is 5.29. The first kappa shape index (κ1) is 18.8. The van der Waals surface area contributed by atoms with Crippen molar-refractivity contribution in [2.75, 3.05) is 13.6 Å². The fourth-order valence-electron chi connectivity index (χ4n) is 2.75. The molecule has 0 radical (unpaired) electrons. The van der Waals surface area contributed by atoms with E-state index in [1.54, 1.807) is 6.07 Å². The van der Waals surface area contributed by atoms with Gasteiger partial charge in [-0.3, -0.25) is 4.79 Å². The van der Waals surface area contributed by atoms with Gasteiger partial charge in [-0.15, -0.1) is 0 Å². The van der Waals surface area contributed by atoms with Crippen molar-refractivity contribution < 1.29 is 5.11 Å². The number of rotatable bonds is 10. The van der Waals surface area contributed by atoms with Gasteiger partial charge in [0.25, 0.3) is 0 Å². The van der Waals surface area contributed by atoms with Gasteiger partial charge >= 0.3 is 0 Å². The highest BCUT2D eigenvalue weighted by atomic mass is 16.3. The monoisotopic (exact) mass is 308 g/mol. The summed E-state index contributed by atoms with van der Waals surface area (Å²) in [4.78, 5) is 14.1. The van der Waals surface area contributed by atoms with Crippen molar-refractivity contribution in [1.29, 1.82) is 0 Å². The molecular formula is C18H32N2O2. The minimum atomic E-state index is -0.263. The van der Waals surface area contributed by atoms with Gasteiger partial charge in [0.2, 0.25) is 5.43 Å². The Morgan fingerprint density at radius 2 is 1.82 bits per heavy atom. The van der Waals surface area contributed by atoms with E-state index in [0.717, 1.165) is 43.7 Å². The van der Waals surface area contributed by atoms with E-state index in [9.17, 15) is 9.90 Å². The first-order chi connectivity index (χ1) is 10.5. The molecule has 4 nitrogen and oxygen atoms in total. The van der Waals surface area contributed by atoms with E-state index in [1.807, 2.05) is 14.0 Å². The lowest BCUT2D eigenvalue weighted by atomic mass is 10.1. The van der Waals surface area contributed by atoms with Crippen molar-refractivity contribution in [1.82, 2.24) is 9.47 Å². The highest BCUT2D eigenvalue weighted by Gasteiger charge is 2.14. The van der Waals surface area contributed by atoms with Crippen LogP contribution in [0.1, 0.15) is 63.8 Å². The van der Waals surface area contributed by atoms with Crippen LogP contribution in [0.5, 0.6) is 5.75 Å². The number of unbranched alkanes of at least 4 members (excludes halogenated alkanes) is 4. The lowest BCUT2D eigenvalue weighted by molar-refractivity contribution is 0.300. The number of pyridine rings is 1. The Morgan fingerprint density at radius 1 is 1.14 bits per heavy atom. The average molecular weight is 308 g/mol. The third-order valence-electron chi connectivity index (χ3n) is 4.15. The number of aromatic hydroxyl groups is 1. The topological polar surface area (TPSA) is 45.5 Å². The van der Waals surface area contributed by atoms with E-state index in [-0.39, 0.29) is 11.2 Å². The molecule has 0 bridgehead atoms. The summed E-state index contributed by atoms with van der Waals surface area (Å²) < 4.78 is 2.12. The fraction of sp³-hybridized carbons (Fsp3) is 0.722. The van der Waals surface area contributed by atoms with Gasteiger partial charge < -0.3 is 14.6 Å². The first-order valence-electron chi connectivity index (χ1n) is 8.62.